The van der Waals surface area contributed by atoms with Crippen molar-refractivity contribution in [3.05, 3.63) is 54.0 Å². The van der Waals surface area contributed by atoms with E-state index >= 15 is 0 Å². The SMILES string of the molecule is Fc1ccc(-c2ccc(CCl)cn2)cc1. The molecule has 1 aromatic heterocycles. The van der Waals surface area contributed by atoms with Gasteiger partial charge in [0.25, 0.3) is 0 Å². The Morgan fingerprint density at radius 1 is 1.07 bits per heavy atom. The molecule has 15 heavy (non-hydrogen) atoms. The van der Waals surface area contributed by atoms with Crippen LogP contribution in [0.2, 0.25) is 0 Å². The molecule has 0 unspecified atom stereocenters. The molecule has 2 rings (SSSR count). The maximum Gasteiger partial charge on any atom is 0.123 e. The monoisotopic (exact) mass is 221 g/mol. The number of rotatable bonds is 2. The summed E-state index contributed by atoms with van der Waals surface area (Å²) in [5.41, 5.74) is 2.70. The molecule has 2 aromatic rings. The first-order valence-electron chi connectivity index (χ1n) is 4.56. The van der Waals surface area contributed by atoms with Gasteiger partial charge < -0.3 is 0 Å². The van der Waals surface area contributed by atoms with Crippen LogP contribution in [0.15, 0.2) is 42.6 Å². The number of benzene rings is 1. The van der Waals surface area contributed by atoms with Gasteiger partial charge in [0.2, 0.25) is 0 Å². The molecule has 0 saturated carbocycles. The van der Waals surface area contributed by atoms with E-state index in [0.29, 0.717) is 5.88 Å². The molecule has 1 nitrogen and oxygen atoms in total. The van der Waals surface area contributed by atoms with Crippen molar-refractivity contribution in [3.8, 4) is 11.3 Å². The largest absolute Gasteiger partial charge is 0.256 e. The second kappa shape index (κ2) is 4.41. The number of aromatic nitrogens is 1. The zero-order valence-corrected chi connectivity index (χ0v) is 8.71. The fraction of sp³-hybridized carbons (Fsp3) is 0.0833. The molecule has 0 aliphatic rings. The Hall–Kier alpha value is -1.41. The van der Waals surface area contributed by atoms with Crippen LogP contribution in [0.5, 0.6) is 0 Å². The lowest BCUT2D eigenvalue weighted by Gasteiger charge is -2.01. The Morgan fingerprint density at radius 2 is 1.80 bits per heavy atom. The number of alkyl halides is 1. The highest BCUT2D eigenvalue weighted by Crippen LogP contribution is 2.17. The van der Waals surface area contributed by atoms with Gasteiger partial charge in [0.05, 0.1) is 5.69 Å². The maximum atomic E-state index is 12.7. The summed E-state index contributed by atoms with van der Waals surface area (Å²) in [6, 6.07) is 10.1. The summed E-state index contributed by atoms with van der Waals surface area (Å²) in [6.07, 6.45) is 1.73. The van der Waals surface area contributed by atoms with Crippen molar-refractivity contribution in [2.75, 3.05) is 0 Å². The van der Waals surface area contributed by atoms with Crippen molar-refractivity contribution in [2.24, 2.45) is 0 Å². The molecule has 1 heterocycles. The van der Waals surface area contributed by atoms with Crippen LogP contribution in [-0.4, -0.2) is 4.98 Å². The Kier molecular flexibility index (Phi) is 2.97. The van der Waals surface area contributed by atoms with Crippen molar-refractivity contribution in [3.63, 3.8) is 0 Å². The van der Waals surface area contributed by atoms with E-state index in [1.54, 1.807) is 18.3 Å². The van der Waals surface area contributed by atoms with Gasteiger partial charge in [0.1, 0.15) is 5.82 Å². The summed E-state index contributed by atoms with van der Waals surface area (Å²) >= 11 is 5.66. The minimum absolute atomic E-state index is 0.240. The van der Waals surface area contributed by atoms with Gasteiger partial charge in [-0.2, -0.15) is 0 Å². The highest BCUT2D eigenvalue weighted by Gasteiger charge is 1.99. The molecule has 0 atom stereocenters. The predicted molar refractivity (Wildman–Crippen MR) is 59.2 cm³/mol. The summed E-state index contributed by atoms with van der Waals surface area (Å²) in [7, 11) is 0. The van der Waals surface area contributed by atoms with Gasteiger partial charge in [-0.3, -0.25) is 4.98 Å². The van der Waals surface area contributed by atoms with E-state index in [1.807, 2.05) is 12.1 Å². The molecule has 1 aromatic carbocycles. The van der Waals surface area contributed by atoms with E-state index in [4.69, 9.17) is 11.6 Å². The lowest BCUT2D eigenvalue weighted by atomic mass is 10.1. The van der Waals surface area contributed by atoms with E-state index in [1.165, 1.54) is 12.1 Å². The summed E-state index contributed by atoms with van der Waals surface area (Å²) in [5.74, 6) is 0.215. The third kappa shape index (κ3) is 2.34. The van der Waals surface area contributed by atoms with Crippen LogP contribution in [-0.2, 0) is 5.88 Å². The number of pyridine rings is 1. The van der Waals surface area contributed by atoms with E-state index < -0.39 is 0 Å². The van der Waals surface area contributed by atoms with Crippen molar-refractivity contribution >= 4 is 11.6 Å². The Labute approximate surface area is 92.5 Å². The third-order valence-electron chi connectivity index (χ3n) is 2.12. The second-order valence-electron chi connectivity index (χ2n) is 3.19. The molecule has 76 valence electrons. The lowest BCUT2D eigenvalue weighted by molar-refractivity contribution is 0.628. The summed E-state index contributed by atoms with van der Waals surface area (Å²) in [6.45, 7) is 0. The van der Waals surface area contributed by atoms with Gasteiger partial charge >= 0.3 is 0 Å². The van der Waals surface area contributed by atoms with E-state index in [2.05, 4.69) is 4.98 Å². The predicted octanol–water partition coefficient (Wildman–Crippen LogP) is 3.63. The number of hydrogen-bond donors (Lipinski definition) is 0. The maximum absolute atomic E-state index is 12.7. The van der Waals surface area contributed by atoms with Gasteiger partial charge in [0, 0.05) is 17.6 Å². The van der Waals surface area contributed by atoms with E-state index in [0.717, 1.165) is 16.8 Å². The van der Waals surface area contributed by atoms with Crippen molar-refractivity contribution in [1.29, 1.82) is 0 Å². The van der Waals surface area contributed by atoms with Crippen LogP contribution < -0.4 is 0 Å². The lowest BCUT2D eigenvalue weighted by Crippen LogP contribution is -1.85. The minimum Gasteiger partial charge on any atom is -0.256 e. The van der Waals surface area contributed by atoms with Crippen LogP contribution >= 0.6 is 11.6 Å². The molecule has 0 bridgehead atoms. The molecule has 3 heteroatoms. The molecule has 0 saturated heterocycles. The van der Waals surface area contributed by atoms with Crippen LogP contribution in [0.4, 0.5) is 4.39 Å². The van der Waals surface area contributed by atoms with Gasteiger partial charge in [-0.1, -0.05) is 6.07 Å². The average Bonchev–Trinajstić information content (AvgIpc) is 2.30. The summed E-state index contributed by atoms with van der Waals surface area (Å²) in [5, 5.41) is 0. The molecule has 0 radical (unpaired) electrons. The van der Waals surface area contributed by atoms with Crippen molar-refractivity contribution in [1.82, 2.24) is 4.98 Å². The highest BCUT2D eigenvalue weighted by atomic mass is 35.5. The third-order valence-corrected chi connectivity index (χ3v) is 2.43. The first kappa shape index (κ1) is 10.1. The number of halogens is 2. The normalized spacial score (nSPS) is 10.3. The fourth-order valence-corrected chi connectivity index (χ4v) is 1.45. The number of nitrogens with zero attached hydrogens (tertiary/aromatic N) is 1. The Bertz CT molecular complexity index is 436. The molecule has 0 aliphatic carbocycles. The van der Waals surface area contributed by atoms with Crippen LogP contribution in [0.1, 0.15) is 5.56 Å². The minimum atomic E-state index is -0.240. The number of hydrogen-bond acceptors (Lipinski definition) is 1. The molecule has 0 aliphatic heterocycles. The fourth-order valence-electron chi connectivity index (χ4n) is 1.29. The molecule has 0 fully saturated rings. The standard InChI is InChI=1S/C12H9ClFN/c13-7-9-1-6-12(15-8-9)10-2-4-11(14)5-3-10/h1-6,8H,7H2. The quantitative estimate of drug-likeness (QED) is 0.706. The zero-order valence-electron chi connectivity index (χ0n) is 7.95. The van der Waals surface area contributed by atoms with Crippen molar-refractivity contribution < 1.29 is 4.39 Å². The Balaban J connectivity index is 2.33. The first-order chi connectivity index (χ1) is 7.29. The molecule has 0 N–H and O–H groups in total. The van der Waals surface area contributed by atoms with E-state index in [-0.39, 0.29) is 5.82 Å². The van der Waals surface area contributed by atoms with Crippen LogP contribution in [0.25, 0.3) is 11.3 Å². The highest BCUT2D eigenvalue weighted by molar-refractivity contribution is 6.17. The van der Waals surface area contributed by atoms with Gasteiger partial charge in [-0.05, 0) is 35.9 Å². The molecular formula is C12H9ClFN. The molecule has 0 amide bonds. The topological polar surface area (TPSA) is 12.9 Å². The average molecular weight is 222 g/mol. The second-order valence-corrected chi connectivity index (χ2v) is 3.46. The summed E-state index contributed by atoms with van der Waals surface area (Å²) < 4.78 is 12.7. The van der Waals surface area contributed by atoms with Gasteiger partial charge in [-0.25, -0.2) is 4.39 Å². The van der Waals surface area contributed by atoms with Gasteiger partial charge in [-0.15, -0.1) is 11.6 Å². The summed E-state index contributed by atoms with van der Waals surface area (Å²) in [4.78, 5) is 4.24. The van der Waals surface area contributed by atoms with Crippen LogP contribution in [0, 0.1) is 5.82 Å². The molecule has 0 spiro atoms. The van der Waals surface area contributed by atoms with E-state index in [9.17, 15) is 4.39 Å². The zero-order chi connectivity index (χ0) is 10.7. The first-order valence-corrected chi connectivity index (χ1v) is 5.10. The van der Waals surface area contributed by atoms with Crippen LogP contribution in [0.3, 0.4) is 0 Å². The van der Waals surface area contributed by atoms with Crippen molar-refractivity contribution in [2.45, 2.75) is 5.88 Å². The Morgan fingerprint density at radius 3 is 2.33 bits per heavy atom. The smallest absolute Gasteiger partial charge is 0.123 e. The van der Waals surface area contributed by atoms with Gasteiger partial charge in [0.15, 0.2) is 0 Å². The molecular weight excluding hydrogens is 213 g/mol.